The number of nitrogens with zero attached hydrogens (tertiary/aromatic N) is 2. The molecule has 0 unspecified atom stereocenters. The number of hydrogen-bond donors (Lipinski definition) is 1. The summed E-state index contributed by atoms with van der Waals surface area (Å²) in [5, 5.41) is 3.28. The van der Waals surface area contributed by atoms with Crippen LogP contribution >= 0.6 is 0 Å². The van der Waals surface area contributed by atoms with Crippen LogP contribution < -0.4 is 10.2 Å². The van der Waals surface area contributed by atoms with Crippen molar-refractivity contribution in [1.82, 2.24) is 0 Å². The maximum absolute atomic E-state index is 13.1. The van der Waals surface area contributed by atoms with E-state index in [2.05, 4.69) is 23.7 Å². The Bertz CT molecular complexity index is 1590. The Balaban J connectivity index is 1.48. The van der Waals surface area contributed by atoms with Gasteiger partial charge in [-0.2, -0.15) is 4.58 Å². The lowest BCUT2D eigenvalue weighted by atomic mass is 9.81. The summed E-state index contributed by atoms with van der Waals surface area (Å²) in [4.78, 5) is 27.5. The molecule has 0 saturated heterocycles. The van der Waals surface area contributed by atoms with Crippen LogP contribution in [0, 0.1) is 0 Å². The molecule has 2 aliphatic heterocycles. The third-order valence-electron chi connectivity index (χ3n) is 7.22. The van der Waals surface area contributed by atoms with Gasteiger partial charge in [-0.05, 0) is 56.7 Å². The number of amides is 2. The number of rotatable bonds is 9. The van der Waals surface area contributed by atoms with E-state index < -0.39 is 21.3 Å². The summed E-state index contributed by atoms with van der Waals surface area (Å²) in [7, 11) is -4.28. The minimum atomic E-state index is -4.28. The summed E-state index contributed by atoms with van der Waals surface area (Å²) >= 11 is 0. The molecule has 2 amide bonds. The first kappa shape index (κ1) is 26.5. The topological polar surface area (TPSA) is 110 Å². The van der Waals surface area contributed by atoms with Crippen molar-refractivity contribution in [1.29, 1.82) is 0 Å². The zero-order valence-electron chi connectivity index (χ0n) is 21.8. The molecule has 39 heavy (non-hydrogen) atoms. The fraction of sp³-hybridized carbons (Fsp3) is 0.233. The van der Waals surface area contributed by atoms with Crippen molar-refractivity contribution < 1.29 is 27.1 Å². The SMILES string of the molecule is CC1(C)C(/C=C/Nc2ccccc2)=[N+](CCCCS(=O)(=O)[O-])c2ccc(N3C(=O)c4ccccc4C3=O)cc21. The molecule has 0 atom stereocenters. The Hall–Kier alpha value is -4.08. The van der Waals surface area contributed by atoms with Gasteiger partial charge in [0.1, 0.15) is 6.54 Å². The van der Waals surface area contributed by atoms with E-state index in [1.807, 2.05) is 54.7 Å². The van der Waals surface area contributed by atoms with Gasteiger partial charge in [0.05, 0.1) is 32.3 Å². The van der Waals surface area contributed by atoms with Crippen molar-refractivity contribution in [2.45, 2.75) is 32.1 Å². The fourth-order valence-corrected chi connectivity index (χ4v) is 5.82. The van der Waals surface area contributed by atoms with Crippen LogP contribution in [0.4, 0.5) is 17.1 Å². The zero-order chi connectivity index (χ0) is 27.8. The van der Waals surface area contributed by atoms with Gasteiger partial charge in [-0.25, -0.2) is 13.3 Å². The minimum absolute atomic E-state index is 0.254. The third-order valence-corrected chi connectivity index (χ3v) is 8.01. The van der Waals surface area contributed by atoms with Crippen LogP contribution in [0.5, 0.6) is 0 Å². The molecule has 0 spiro atoms. The van der Waals surface area contributed by atoms with Crippen molar-refractivity contribution in [2.75, 3.05) is 22.5 Å². The summed E-state index contributed by atoms with van der Waals surface area (Å²) in [6, 6.07) is 22.1. The highest BCUT2D eigenvalue weighted by Gasteiger charge is 2.45. The maximum Gasteiger partial charge on any atom is 0.266 e. The number of unbranched alkanes of at least 4 members (excludes halogenated alkanes) is 1. The van der Waals surface area contributed by atoms with Crippen LogP contribution in [0.1, 0.15) is 53.0 Å². The average Bonchev–Trinajstić information content (AvgIpc) is 3.28. The van der Waals surface area contributed by atoms with Crippen LogP contribution in [-0.2, 0) is 15.5 Å². The highest BCUT2D eigenvalue weighted by atomic mass is 32.2. The van der Waals surface area contributed by atoms with E-state index in [1.54, 1.807) is 30.3 Å². The quantitative estimate of drug-likeness (QED) is 0.179. The Morgan fingerprint density at radius 3 is 2.21 bits per heavy atom. The fourth-order valence-electron chi connectivity index (χ4n) is 5.27. The number of nitrogens with one attached hydrogen (secondary N) is 1. The first-order valence-corrected chi connectivity index (χ1v) is 14.3. The molecule has 0 saturated carbocycles. The summed E-state index contributed by atoms with van der Waals surface area (Å²) < 4.78 is 35.5. The molecular formula is C30H29N3O5S. The summed E-state index contributed by atoms with van der Waals surface area (Å²) in [6.45, 7) is 4.65. The normalized spacial score (nSPS) is 16.2. The Morgan fingerprint density at radius 2 is 1.56 bits per heavy atom. The first-order valence-electron chi connectivity index (χ1n) is 12.8. The molecular weight excluding hydrogens is 514 g/mol. The van der Waals surface area contributed by atoms with Crippen molar-refractivity contribution >= 4 is 44.7 Å². The standard InChI is InChI=1S/C30H29N3O5S/c1-30(2)25-20-22(33-28(34)23-12-6-7-13-24(23)29(33)35)14-15-26(25)32(18-8-9-19-39(36,37)38)27(30)16-17-31-21-10-4-3-5-11-21/h3-7,10-17,20H,8-9,18-19H2,1-2H3,(H,36,37,38). The van der Waals surface area contributed by atoms with E-state index in [1.165, 1.54) is 4.90 Å². The number of imide groups is 1. The number of allylic oxidation sites excluding steroid dienone is 1. The number of anilines is 2. The number of benzene rings is 3. The van der Waals surface area contributed by atoms with Gasteiger partial charge in [0.15, 0.2) is 5.71 Å². The molecule has 200 valence electrons. The van der Waals surface area contributed by atoms with Crippen LogP contribution in [0.25, 0.3) is 0 Å². The second-order valence-electron chi connectivity index (χ2n) is 10.2. The third kappa shape index (κ3) is 5.15. The van der Waals surface area contributed by atoms with Gasteiger partial charge in [0.2, 0.25) is 5.69 Å². The minimum Gasteiger partial charge on any atom is -0.748 e. The molecule has 1 N–H and O–H groups in total. The highest BCUT2D eigenvalue weighted by Crippen LogP contribution is 2.43. The number of carbonyl (C=O) groups excluding carboxylic acids is 2. The summed E-state index contributed by atoms with van der Waals surface area (Å²) in [6.07, 6.45) is 4.60. The van der Waals surface area contributed by atoms with Gasteiger partial charge in [0, 0.05) is 41.8 Å². The monoisotopic (exact) mass is 543 g/mol. The lowest BCUT2D eigenvalue weighted by Gasteiger charge is -2.19. The van der Waals surface area contributed by atoms with E-state index in [4.69, 9.17) is 0 Å². The lowest BCUT2D eigenvalue weighted by Crippen LogP contribution is -2.30. The predicted molar refractivity (Wildman–Crippen MR) is 150 cm³/mol. The zero-order valence-corrected chi connectivity index (χ0v) is 22.6. The van der Waals surface area contributed by atoms with Crippen LogP contribution in [0.2, 0.25) is 0 Å². The molecule has 3 aromatic rings. The van der Waals surface area contributed by atoms with Crippen molar-refractivity contribution in [3.63, 3.8) is 0 Å². The largest absolute Gasteiger partial charge is 0.748 e. The predicted octanol–water partition coefficient (Wildman–Crippen LogP) is 4.81. The molecule has 3 aromatic carbocycles. The molecule has 2 heterocycles. The Labute approximate surface area is 228 Å². The number of fused-ring (bicyclic) bond motifs is 2. The van der Waals surface area contributed by atoms with E-state index in [0.717, 1.165) is 22.6 Å². The number of carbonyl (C=O) groups is 2. The van der Waals surface area contributed by atoms with E-state index in [-0.39, 0.29) is 18.2 Å². The van der Waals surface area contributed by atoms with Gasteiger partial charge >= 0.3 is 0 Å². The van der Waals surface area contributed by atoms with Gasteiger partial charge in [-0.1, -0.05) is 30.3 Å². The number of para-hydroxylation sites is 1. The molecule has 5 rings (SSSR count). The number of hydrogen-bond acceptors (Lipinski definition) is 6. The van der Waals surface area contributed by atoms with Crippen molar-refractivity contribution in [2.24, 2.45) is 0 Å². The highest BCUT2D eigenvalue weighted by molar-refractivity contribution is 7.85. The van der Waals surface area contributed by atoms with Gasteiger partial charge in [-0.3, -0.25) is 9.59 Å². The summed E-state index contributed by atoms with van der Waals surface area (Å²) in [5.41, 5.74) is 4.52. The molecule has 8 nitrogen and oxygen atoms in total. The van der Waals surface area contributed by atoms with Crippen molar-refractivity contribution in [3.8, 4) is 0 Å². The Morgan fingerprint density at radius 1 is 0.923 bits per heavy atom. The van der Waals surface area contributed by atoms with E-state index in [9.17, 15) is 22.6 Å². The molecule has 0 aromatic heterocycles. The molecule has 0 radical (unpaired) electrons. The summed E-state index contributed by atoms with van der Waals surface area (Å²) in [5.74, 6) is -1.10. The molecule has 0 aliphatic carbocycles. The molecule has 9 heteroatoms. The van der Waals surface area contributed by atoms with Crippen LogP contribution in [-0.4, -0.2) is 47.4 Å². The molecule has 2 aliphatic rings. The van der Waals surface area contributed by atoms with Gasteiger partial charge < -0.3 is 9.87 Å². The average molecular weight is 544 g/mol. The lowest BCUT2D eigenvalue weighted by molar-refractivity contribution is -0.438. The second-order valence-corrected chi connectivity index (χ2v) is 11.7. The van der Waals surface area contributed by atoms with Crippen molar-refractivity contribution in [3.05, 3.63) is 102 Å². The molecule has 0 fully saturated rings. The second kappa shape index (κ2) is 10.2. The van der Waals surface area contributed by atoms with Crippen LogP contribution in [0.15, 0.2) is 85.1 Å². The first-order chi connectivity index (χ1) is 18.6. The van der Waals surface area contributed by atoms with Gasteiger partial charge in [-0.15, -0.1) is 0 Å². The van der Waals surface area contributed by atoms with Crippen LogP contribution in [0.3, 0.4) is 0 Å². The van der Waals surface area contributed by atoms with E-state index >= 15 is 0 Å². The van der Waals surface area contributed by atoms with Gasteiger partial charge in [0.25, 0.3) is 11.8 Å². The Kier molecular flexibility index (Phi) is 6.96. The smallest absolute Gasteiger partial charge is 0.266 e. The maximum atomic E-state index is 13.1. The molecule has 0 bridgehead atoms. The van der Waals surface area contributed by atoms with E-state index in [0.29, 0.717) is 29.8 Å².